The van der Waals surface area contributed by atoms with Crippen molar-refractivity contribution >= 4 is 35.8 Å². The summed E-state index contributed by atoms with van der Waals surface area (Å²) in [7, 11) is 0. The van der Waals surface area contributed by atoms with Crippen LogP contribution in [0.25, 0.3) is 0 Å². The van der Waals surface area contributed by atoms with Gasteiger partial charge in [-0.25, -0.2) is 9.98 Å². The zero-order valence-corrected chi connectivity index (χ0v) is 19.2. The summed E-state index contributed by atoms with van der Waals surface area (Å²) in [5.41, 5.74) is 8.33. The van der Waals surface area contributed by atoms with E-state index in [0.717, 1.165) is 48.1 Å². The average Bonchev–Trinajstić information content (AvgIpc) is 2.74. The van der Waals surface area contributed by atoms with Crippen LogP contribution in [0.15, 0.2) is 47.6 Å². The van der Waals surface area contributed by atoms with Gasteiger partial charge in [0.2, 0.25) is 0 Å². The summed E-state index contributed by atoms with van der Waals surface area (Å²) in [6, 6.07) is 12.4. The van der Waals surface area contributed by atoms with Crippen molar-refractivity contribution in [1.29, 1.82) is 0 Å². The van der Waals surface area contributed by atoms with Crippen LogP contribution in [0.4, 0.5) is 5.82 Å². The number of hydrogen-bond acceptors (Lipinski definition) is 4. The van der Waals surface area contributed by atoms with E-state index in [-0.39, 0.29) is 30.0 Å². The van der Waals surface area contributed by atoms with E-state index in [2.05, 4.69) is 45.3 Å². The molecule has 0 aliphatic carbocycles. The number of nitrogens with zero attached hydrogens (tertiary/aromatic N) is 3. The molecule has 6 nitrogen and oxygen atoms in total. The summed E-state index contributed by atoms with van der Waals surface area (Å²) in [6.45, 7) is 5.71. The second-order valence-corrected chi connectivity index (χ2v) is 7.77. The van der Waals surface area contributed by atoms with E-state index in [0.29, 0.717) is 19.1 Å². The van der Waals surface area contributed by atoms with Crippen molar-refractivity contribution in [2.75, 3.05) is 24.6 Å². The van der Waals surface area contributed by atoms with Crippen LogP contribution in [0.1, 0.15) is 43.4 Å². The zero-order chi connectivity index (χ0) is 19.3. The molecular formula is C22H30IN5O. The lowest BCUT2D eigenvalue weighted by Crippen LogP contribution is -2.37. The monoisotopic (exact) mass is 507 g/mol. The van der Waals surface area contributed by atoms with Crippen molar-refractivity contribution in [3.05, 3.63) is 53.7 Å². The van der Waals surface area contributed by atoms with Gasteiger partial charge in [-0.3, -0.25) is 0 Å². The molecule has 29 heavy (non-hydrogen) atoms. The maximum Gasteiger partial charge on any atom is 0.189 e. The fraction of sp³-hybridized carbons (Fsp3) is 0.455. The molecule has 3 heterocycles. The van der Waals surface area contributed by atoms with Crippen molar-refractivity contribution in [3.8, 4) is 5.75 Å². The number of aromatic nitrogens is 1. The predicted molar refractivity (Wildman–Crippen MR) is 128 cm³/mol. The normalized spacial score (nSPS) is 19.7. The highest BCUT2D eigenvalue weighted by molar-refractivity contribution is 14.0. The molecule has 1 fully saturated rings. The quantitative estimate of drug-likeness (QED) is 0.374. The largest absolute Gasteiger partial charge is 0.493 e. The molecule has 4 rings (SSSR count). The van der Waals surface area contributed by atoms with E-state index in [1.54, 1.807) is 0 Å². The van der Waals surface area contributed by atoms with Crippen molar-refractivity contribution in [1.82, 2.24) is 10.3 Å². The molecule has 7 heteroatoms. The molecule has 0 spiro atoms. The SMILES string of the molecule is CC1CCN(c2ccc(CN=C(N)NC3CCOc4ccccc43)cn2)CC1.I. The van der Waals surface area contributed by atoms with Gasteiger partial charge >= 0.3 is 0 Å². The Labute approximate surface area is 190 Å². The van der Waals surface area contributed by atoms with E-state index < -0.39 is 0 Å². The number of piperidine rings is 1. The average molecular weight is 507 g/mol. The number of ether oxygens (including phenoxy) is 1. The van der Waals surface area contributed by atoms with Crippen molar-refractivity contribution in [2.45, 2.75) is 38.8 Å². The molecule has 156 valence electrons. The number of guanidine groups is 1. The predicted octanol–water partition coefficient (Wildman–Crippen LogP) is 3.86. The minimum Gasteiger partial charge on any atom is -0.493 e. The number of pyridine rings is 1. The number of halogens is 1. The topological polar surface area (TPSA) is 75.8 Å². The number of anilines is 1. The van der Waals surface area contributed by atoms with E-state index in [9.17, 15) is 0 Å². The Bertz CT molecular complexity index is 818. The number of aliphatic imine (C=N–C) groups is 1. The number of benzene rings is 1. The van der Waals surface area contributed by atoms with Gasteiger partial charge in [-0.15, -0.1) is 24.0 Å². The minimum absolute atomic E-state index is 0. The van der Waals surface area contributed by atoms with Crippen LogP contribution in [0, 0.1) is 5.92 Å². The first-order chi connectivity index (χ1) is 13.7. The fourth-order valence-electron chi connectivity index (χ4n) is 3.83. The molecule has 3 N–H and O–H groups in total. The van der Waals surface area contributed by atoms with E-state index in [1.165, 1.54) is 12.8 Å². The summed E-state index contributed by atoms with van der Waals surface area (Å²) >= 11 is 0. The molecule has 1 unspecified atom stereocenters. The van der Waals surface area contributed by atoms with E-state index in [4.69, 9.17) is 10.5 Å². The minimum atomic E-state index is 0. The number of nitrogens with one attached hydrogen (secondary N) is 1. The summed E-state index contributed by atoms with van der Waals surface area (Å²) < 4.78 is 5.70. The van der Waals surface area contributed by atoms with Crippen molar-refractivity contribution in [3.63, 3.8) is 0 Å². The van der Waals surface area contributed by atoms with Gasteiger partial charge in [0, 0.05) is 31.3 Å². The first kappa shape index (κ1) is 21.7. The van der Waals surface area contributed by atoms with Crippen LogP contribution in [-0.4, -0.2) is 30.6 Å². The van der Waals surface area contributed by atoms with Crippen LogP contribution < -0.4 is 20.7 Å². The second-order valence-electron chi connectivity index (χ2n) is 7.77. The lowest BCUT2D eigenvalue weighted by atomic mass is 9.99. The maximum absolute atomic E-state index is 6.14. The fourth-order valence-corrected chi connectivity index (χ4v) is 3.83. The number of para-hydroxylation sites is 1. The highest BCUT2D eigenvalue weighted by atomic mass is 127. The van der Waals surface area contributed by atoms with Crippen LogP contribution in [-0.2, 0) is 6.54 Å². The highest BCUT2D eigenvalue weighted by Gasteiger charge is 2.21. The third-order valence-electron chi connectivity index (χ3n) is 5.63. The summed E-state index contributed by atoms with van der Waals surface area (Å²) in [6.07, 6.45) is 5.27. The van der Waals surface area contributed by atoms with Gasteiger partial charge < -0.3 is 20.7 Å². The van der Waals surface area contributed by atoms with E-state index >= 15 is 0 Å². The summed E-state index contributed by atoms with van der Waals surface area (Å²) in [4.78, 5) is 11.5. The summed E-state index contributed by atoms with van der Waals surface area (Å²) in [5.74, 6) is 3.26. The van der Waals surface area contributed by atoms with Gasteiger partial charge in [0.1, 0.15) is 11.6 Å². The standard InChI is InChI=1S/C22H29N5O.HI/c1-16-8-11-27(12-9-16)21-7-6-17(14-24-21)15-25-22(23)26-19-10-13-28-20-5-3-2-4-18(19)20;/h2-7,14,16,19H,8-13,15H2,1H3,(H3,23,25,26);1H. The molecule has 2 aliphatic heterocycles. The van der Waals surface area contributed by atoms with Gasteiger partial charge in [0.05, 0.1) is 19.2 Å². The van der Waals surface area contributed by atoms with E-state index in [1.807, 2.05) is 24.4 Å². The molecular weight excluding hydrogens is 477 g/mol. The van der Waals surface area contributed by atoms with Gasteiger partial charge in [-0.1, -0.05) is 31.2 Å². The number of fused-ring (bicyclic) bond motifs is 1. The molecule has 0 radical (unpaired) electrons. The third-order valence-corrected chi connectivity index (χ3v) is 5.63. The molecule has 2 aliphatic rings. The highest BCUT2D eigenvalue weighted by Crippen LogP contribution is 2.31. The zero-order valence-electron chi connectivity index (χ0n) is 16.9. The Balaban J connectivity index is 0.00000240. The van der Waals surface area contributed by atoms with Crippen molar-refractivity contribution in [2.24, 2.45) is 16.6 Å². The molecule has 0 saturated carbocycles. The van der Waals surface area contributed by atoms with Crippen LogP contribution in [0.2, 0.25) is 0 Å². The van der Waals surface area contributed by atoms with Crippen LogP contribution in [0.5, 0.6) is 5.75 Å². The van der Waals surface area contributed by atoms with Gasteiger partial charge in [-0.05, 0) is 36.5 Å². The number of nitrogens with two attached hydrogens (primary N) is 1. The Kier molecular flexibility index (Phi) is 7.57. The van der Waals surface area contributed by atoms with Crippen LogP contribution >= 0.6 is 24.0 Å². The van der Waals surface area contributed by atoms with Gasteiger partial charge in [0.15, 0.2) is 5.96 Å². The molecule has 2 aromatic rings. The maximum atomic E-state index is 6.14. The molecule has 1 atom stereocenters. The summed E-state index contributed by atoms with van der Waals surface area (Å²) in [5, 5.41) is 3.33. The number of rotatable bonds is 4. The van der Waals surface area contributed by atoms with Gasteiger partial charge in [0.25, 0.3) is 0 Å². The molecule has 0 bridgehead atoms. The number of hydrogen-bond donors (Lipinski definition) is 2. The van der Waals surface area contributed by atoms with Crippen LogP contribution in [0.3, 0.4) is 0 Å². The van der Waals surface area contributed by atoms with Gasteiger partial charge in [-0.2, -0.15) is 0 Å². The Morgan fingerprint density at radius 3 is 2.76 bits per heavy atom. The first-order valence-electron chi connectivity index (χ1n) is 10.2. The molecule has 1 saturated heterocycles. The van der Waals surface area contributed by atoms with Crippen molar-refractivity contribution < 1.29 is 4.74 Å². The second kappa shape index (κ2) is 10.1. The lowest BCUT2D eigenvalue weighted by Gasteiger charge is -2.31. The lowest BCUT2D eigenvalue weighted by molar-refractivity contribution is 0.262. The third kappa shape index (κ3) is 5.52. The molecule has 1 aromatic heterocycles. The Morgan fingerprint density at radius 2 is 2.00 bits per heavy atom. The molecule has 0 amide bonds. The molecule has 1 aromatic carbocycles. The Hall–Kier alpha value is -2.03. The Morgan fingerprint density at radius 1 is 1.21 bits per heavy atom. The first-order valence-corrected chi connectivity index (χ1v) is 10.2. The smallest absolute Gasteiger partial charge is 0.189 e.